The summed E-state index contributed by atoms with van der Waals surface area (Å²) in [4.78, 5) is 3.16. The minimum atomic E-state index is -5.01. The molecule has 2 aromatic carbocycles. The molecule has 42 heavy (non-hydrogen) atoms. The molecule has 16 heteroatoms. The average Bonchev–Trinajstić information content (AvgIpc) is 3.03. The summed E-state index contributed by atoms with van der Waals surface area (Å²) in [5.74, 6) is -0.958. The first-order valence-electron chi connectivity index (χ1n) is 11.9. The number of fused-ring (bicyclic) bond motifs is 2. The molecular formula is C26H23F6N5O4S. The summed E-state index contributed by atoms with van der Waals surface area (Å²) in [5, 5.41) is 22.1. The van der Waals surface area contributed by atoms with E-state index in [4.69, 9.17) is 11.1 Å². The van der Waals surface area contributed by atoms with Gasteiger partial charge in [0.1, 0.15) is 22.9 Å². The number of pyridine rings is 1. The molecule has 5 N–H and O–H groups in total. The van der Waals surface area contributed by atoms with Crippen molar-refractivity contribution in [3.05, 3.63) is 83.2 Å². The van der Waals surface area contributed by atoms with E-state index in [1.807, 2.05) is 0 Å². The molecule has 224 valence electrons. The predicted octanol–water partition coefficient (Wildman–Crippen LogP) is 5.54. The first-order chi connectivity index (χ1) is 19.3. The third-order valence-corrected chi connectivity index (χ3v) is 7.98. The number of hydrogen-bond acceptors (Lipinski definition) is 8. The first kappa shape index (κ1) is 30.6. The molecule has 1 aromatic heterocycles. The maximum Gasteiger partial charge on any atom is 0.573 e. The second-order valence-corrected chi connectivity index (χ2v) is 11.3. The lowest BCUT2D eigenvalue weighted by molar-refractivity contribution is -0.274. The van der Waals surface area contributed by atoms with E-state index in [-0.39, 0.29) is 39.7 Å². The van der Waals surface area contributed by atoms with Crippen LogP contribution in [0.1, 0.15) is 30.7 Å². The fraction of sp³-hybridized carbons (Fsp3) is 0.231. The molecule has 0 amide bonds. The molecule has 9 nitrogen and oxygen atoms in total. The number of anilines is 3. The first-order valence-corrected chi connectivity index (χ1v) is 13.4. The summed E-state index contributed by atoms with van der Waals surface area (Å²) in [6.45, 7) is 2.21. The quantitative estimate of drug-likeness (QED) is 0.211. The van der Waals surface area contributed by atoms with E-state index in [1.165, 1.54) is 38.1 Å². The number of alkyl halides is 6. The molecule has 0 aliphatic carbocycles. The lowest BCUT2D eigenvalue weighted by Crippen LogP contribution is -2.33. The second kappa shape index (κ2) is 10.5. The number of sulfonamides is 1. The van der Waals surface area contributed by atoms with Crippen LogP contribution in [0.3, 0.4) is 0 Å². The molecule has 0 fully saturated rings. The smallest absolute Gasteiger partial charge is 0.406 e. The van der Waals surface area contributed by atoms with Gasteiger partial charge in [-0.1, -0.05) is 12.1 Å². The fourth-order valence-electron chi connectivity index (χ4n) is 4.07. The molecule has 4 rings (SSSR count). The van der Waals surface area contributed by atoms with Crippen LogP contribution < -0.4 is 20.1 Å². The van der Waals surface area contributed by atoms with Crippen molar-refractivity contribution in [2.45, 2.75) is 43.4 Å². The average molecular weight is 616 g/mol. The molecule has 0 spiro atoms. The number of nitrogens with zero attached hydrogens (tertiary/aromatic N) is 2. The highest BCUT2D eigenvalue weighted by atomic mass is 32.2. The Morgan fingerprint density at radius 2 is 1.74 bits per heavy atom. The van der Waals surface area contributed by atoms with Gasteiger partial charge in [0.15, 0.2) is 0 Å². The van der Waals surface area contributed by atoms with Crippen LogP contribution in [0.2, 0.25) is 0 Å². The zero-order valence-corrected chi connectivity index (χ0v) is 22.6. The summed E-state index contributed by atoms with van der Waals surface area (Å²) in [5.41, 5.74) is 2.21. The second-order valence-electron chi connectivity index (χ2n) is 9.46. The maximum atomic E-state index is 13.9. The summed E-state index contributed by atoms with van der Waals surface area (Å²) in [7, 11) is -4.60. The summed E-state index contributed by atoms with van der Waals surface area (Å²) < 4.78 is 110. The van der Waals surface area contributed by atoms with Gasteiger partial charge in [0, 0.05) is 11.3 Å². The van der Waals surface area contributed by atoms with Gasteiger partial charge in [-0.25, -0.2) is 13.4 Å². The van der Waals surface area contributed by atoms with Gasteiger partial charge in [0.25, 0.3) is 10.0 Å². The number of benzene rings is 2. The Bertz CT molecular complexity index is 1670. The van der Waals surface area contributed by atoms with Crippen molar-refractivity contribution in [3.63, 3.8) is 0 Å². The zero-order chi connectivity index (χ0) is 31.3. The van der Waals surface area contributed by atoms with E-state index >= 15 is 0 Å². The van der Waals surface area contributed by atoms with Crippen molar-refractivity contribution >= 4 is 32.9 Å². The lowest BCUT2D eigenvalue weighted by Gasteiger charge is -2.28. The molecule has 2 heterocycles. The Hall–Kier alpha value is -4.31. The minimum absolute atomic E-state index is 0.0159. The number of aliphatic hydroxyl groups is 1. The van der Waals surface area contributed by atoms with E-state index in [9.17, 15) is 39.9 Å². The summed E-state index contributed by atoms with van der Waals surface area (Å²) >= 11 is 0. The Morgan fingerprint density at radius 3 is 2.31 bits per heavy atom. The number of ether oxygens (including phenoxy) is 1. The number of halogens is 6. The fourth-order valence-corrected chi connectivity index (χ4v) is 5.53. The van der Waals surface area contributed by atoms with Crippen LogP contribution in [-0.2, 0) is 28.3 Å². The van der Waals surface area contributed by atoms with Gasteiger partial charge in [0.2, 0.25) is 0 Å². The van der Waals surface area contributed by atoms with Gasteiger partial charge in [-0.15, -0.1) is 13.2 Å². The van der Waals surface area contributed by atoms with Crippen molar-refractivity contribution in [2.24, 2.45) is 5.73 Å². The van der Waals surface area contributed by atoms with Gasteiger partial charge >= 0.3 is 12.5 Å². The monoisotopic (exact) mass is 615 g/mol. The van der Waals surface area contributed by atoms with Gasteiger partial charge in [-0.3, -0.25) is 4.31 Å². The summed E-state index contributed by atoms with van der Waals surface area (Å²) in [6, 6.07) is 8.95. The number of nitrogens with one attached hydrogen (secondary N) is 2. The maximum absolute atomic E-state index is 13.9. The van der Waals surface area contributed by atoms with E-state index in [0.717, 1.165) is 34.6 Å². The zero-order valence-electron chi connectivity index (χ0n) is 21.8. The number of allylic oxidation sites excluding steroid dienone is 1. The molecule has 1 atom stereocenters. The van der Waals surface area contributed by atoms with E-state index in [2.05, 4.69) is 15.0 Å². The Morgan fingerprint density at radius 1 is 1.10 bits per heavy atom. The highest BCUT2D eigenvalue weighted by molar-refractivity contribution is 7.92. The van der Waals surface area contributed by atoms with Crippen LogP contribution in [0.25, 0.3) is 0 Å². The van der Waals surface area contributed by atoms with Crippen LogP contribution in [0.4, 0.5) is 43.5 Å². The van der Waals surface area contributed by atoms with E-state index in [1.54, 1.807) is 0 Å². The predicted molar refractivity (Wildman–Crippen MR) is 141 cm³/mol. The van der Waals surface area contributed by atoms with Crippen molar-refractivity contribution in [1.82, 2.24) is 4.98 Å². The highest BCUT2D eigenvalue weighted by Crippen LogP contribution is 2.42. The number of nitrogens with two attached hydrogens (primary N) is 1. The topological polar surface area (TPSA) is 142 Å². The van der Waals surface area contributed by atoms with Crippen molar-refractivity contribution in [2.75, 3.05) is 9.62 Å². The number of rotatable bonds is 6. The van der Waals surface area contributed by atoms with Crippen LogP contribution in [0.5, 0.6) is 5.75 Å². The molecule has 1 aliphatic heterocycles. The Labute approximate surface area is 235 Å². The van der Waals surface area contributed by atoms with Gasteiger partial charge in [-0.05, 0) is 68.0 Å². The standard InChI is InChI=1S/C26H23F6N5O4S/c1-14(33)11-21(34)24(2,38)16-4-9-19-20(12-16)37(13-15-3-10-22(25(27,28)29)36-23(15)35-19)42(39,40)18-7-5-17(6-8-18)41-26(30,31)32/h3-12,34,38H,13,33H2,1-2H3,(H,35,36)/b14-11-,34-21?. The van der Waals surface area contributed by atoms with Crippen LogP contribution in [0, 0.1) is 5.41 Å². The lowest BCUT2D eigenvalue weighted by atomic mass is 9.89. The summed E-state index contributed by atoms with van der Waals surface area (Å²) in [6.07, 6.45) is -8.61. The molecule has 1 aliphatic rings. The molecule has 0 saturated carbocycles. The number of aromatic nitrogens is 1. The van der Waals surface area contributed by atoms with Crippen LogP contribution >= 0.6 is 0 Å². The molecular weight excluding hydrogens is 592 g/mol. The van der Waals surface area contributed by atoms with Gasteiger partial charge in [-0.2, -0.15) is 13.2 Å². The number of hydrogen-bond donors (Lipinski definition) is 4. The van der Waals surface area contributed by atoms with E-state index < -0.39 is 51.0 Å². The largest absolute Gasteiger partial charge is 0.573 e. The third kappa shape index (κ3) is 6.28. The molecule has 0 saturated heterocycles. The van der Waals surface area contributed by atoms with E-state index in [0.29, 0.717) is 6.07 Å². The third-order valence-electron chi connectivity index (χ3n) is 6.21. The van der Waals surface area contributed by atoms with Crippen molar-refractivity contribution in [1.29, 1.82) is 5.41 Å². The Kier molecular flexibility index (Phi) is 7.67. The highest BCUT2D eigenvalue weighted by Gasteiger charge is 2.37. The molecule has 3 aromatic rings. The Balaban J connectivity index is 1.88. The van der Waals surface area contributed by atoms with Crippen LogP contribution in [0.15, 0.2) is 71.3 Å². The van der Waals surface area contributed by atoms with Gasteiger partial charge < -0.3 is 26.3 Å². The molecule has 0 bridgehead atoms. The SMILES string of the molecule is C/C(N)=C/C(=N)C(C)(O)c1ccc2c(c1)N(S(=O)(=O)c1ccc(OC(F)(F)F)cc1)Cc1ccc(C(F)(F)F)nc1N2. The van der Waals surface area contributed by atoms with Crippen molar-refractivity contribution < 1.29 is 44.6 Å². The normalized spacial score (nSPS) is 15.5. The van der Waals surface area contributed by atoms with Crippen molar-refractivity contribution in [3.8, 4) is 5.75 Å². The molecule has 0 radical (unpaired) electrons. The minimum Gasteiger partial charge on any atom is -0.406 e. The molecule has 1 unspecified atom stereocenters. The van der Waals surface area contributed by atoms with Crippen LogP contribution in [-0.4, -0.2) is 30.6 Å². The van der Waals surface area contributed by atoms with Gasteiger partial charge in [0.05, 0.1) is 28.5 Å².